The third-order valence-electron chi connectivity index (χ3n) is 2.10. The summed E-state index contributed by atoms with van der Waals surface area (Å²) < 4.78 is 37.4. The fraction of sp³-hybridized carbons (Fsp3) is 0.182. The molecule has 0 aliphatic rings. The van der Waals surface area contributed by atoms with Gasteiger partial charge in [-0.3, -0.25) is 4.79 Å². The van der Waals surface area contributed by atoms with Gasteiger partial charge >= 0.3 is 6.18 Å². The smallest absolute Gasteiger partial charge is 0.298 e. The SMILES string of the molecule is N#CCc1cc(C(F)(F)F)cc(C#N)c1C=O. The maximum atomic E-state index is 12.5. The van der Waals surface area contributed by atoms with Gasteiger partial charge in [0.25, 0.3) is 0 Å². The Labute approximate surface area is 94.7 Å². The van der Waals surface area contributed by atoms with Gasteiger partial charge in [-0.25, -0.2) is 0 Å². The van der Waals surface area contributed by atoms with Crippen LogP contribution in [0.15, 0.2) is 12.1 Å². The molecule has 3 nitrogen and oxygen atoms in total. The molecular weight excluding hydrogens is 233 g/mol. The molecule has 86 valence electrons. The Hall–Kier alpha value is -2.34. The van der Waals surface area contributed by atoms with E-state index in [-0.39, 0.29) is 29.4 Å². The van der Waals surface area contributed by atoms with Crippen LogP contribution in [0.1, 0.15) is 27.0 Å². The average Bonchev–Trinajstić information content (AvgIpc) is 2.27. The first-order chi connectivity index (χ1) is 7.93. The molecule has 0 aliphatic carbocycles. The van der Waals surface area contributed by atoms with E-state index in [0.717, 1.165) is 0 Å². The number of rotatable bonds is 2. The van der Waals surface area contributed by atoms with Gasteiger partial charge in [-0.15, -0.1) is 0 Å². The van der Waals surface area contributed by atoms with E-state index >= 15 is 0 Å². The first-order valence-corrected chi connectivity index (χ1v) is 4.40. The lowest BCUT2D eigenvalue weighted by atomic mass is 9.97. The van der Waals surface area contributed by atoms with Crippen molar-refractivity contribution in [2.45, 2.75) is 12.6 Å². The number of hydrogen-bond donors (Lipinski definition) is 0. The van der Waals surface area contributed by atoms with Crippen molar-refractivity contribution in [3.63, 3.8) is 0 Å². The Morgan fingerprint density at radius 2 is 1.94 bits per heavy atom. The summed E-state index contributed by atoms with van der Waals surface area (Å²) >= 11 is 0. The molecule has 1 rings (SSSR count). The Morgan fingerprint density at radius 1 is 1.29 bits per heavy atom. The second-order valence-electron chi connectivity index (χ2n) is 3.16. The maximum absolute atomic E-state index is 12.5. The van der Waals surface area contributed by atoms with Crippen LogP contribution in [0, 0.1) is 22.7 Å². The van der Waals surface area contributed by atoms with Crippen molar-refractivity contribution in [2.75, 3.05) is 0 Å². The van der Waals surface area contributed by atoms with E-state index in [4.69, 9.17) is 10.5 Å². The van der Waals surface area contributed by atoms with Gasteiger partial charge in [0.2, 0.25) is 0 Å². The molecule has 0 saturated carbocycles. The van der Waals surface area contributed by atoms with Gasteiger partial charge in [-0.2, -0.15) is 23.7 Å². The second-order valence-corrected chi connectivity index (χ2v) is 3.16. The molecule has 0 spiro atoms. The molecule has 0 fully saturated rings. The quantitative estimate of drug-likeness (QED) is 0.743. The summed E-state index contributed by atoms with van der Waals surface area (Å²) in [5.74, 6) is 0. The van der Waals surface area contributed by atoms with Crippen LogP contribution in [-0.4, -0.2) is 6.29 Å². The highest BCUT2D eigenvalue weighted by atomic mass is 19.4. The Morgan fingerprint density at radius 3 is 2.35 bits per heavy atom. The number of nitriles is 2. The molecule has 1 aromatic rings. The fourth-order valence-electron chi connectivity index (χ4n) is 1.34. The van der Waals surface area contributed by atoms with Crippen LogP contribution < -0.4 is 0 Å². The summed E-state index contributed by atoms with van der Waals surface area (Å²) in [5, 5.41) is 17.1. The highest BCUT2D eigenvalue weighted by molar-refractivity contribution is 5.82. The molecule has 0 radical (unpaired) electrons. The third-order valence-corrected chi connectivity index (χ3v) is 2.10. The highest BCUT2D eigenvalue weighted by Gasteiger charge is 2.32. The summed E-state index contributed by atoms with van der Waals surface area (Å²) in [7, 11) is 0. The van der Waals surface area contributed by atoms with Gasteiger partial charge in [0.05, 0.1) is 29.7 Å². The van der Waals surface area contributed by atoms with Crippen molar-refractivity contribution < 1.29 is 18.0 Å². The van der Waals surface area contributed by atoms with Gasteiger partial charge in [0, 0.05) is 5.56 Å². The summed E-state index contributed by atoms with van der Waals surface area (Å²) in [5.41, 5.74) is -1.67. The number of benzene rings is 1. The number of carbonyl (C=O) groups excluding carboxylic acids is 1. The van der Waals surface area contributed by atoms with E-state index < -0.39 is 11.7 Å². The molecule has 0 N–H and O–H groups in total. The number of aldehydes is 1. The first kappa shape index (κ1) is 12.7. The van der Waals surface area contributed by atoms with E-state index in [1.165, 1.54) is 6.07 Å². The summed E-state index contributed by atoms with van der Waals surface area (Å²) in [6.07, 6.45) is -4.69. The Balaban J connectivity index is 3.53. The molecule has 6 heteroatoms. The van der Waals surface area contributed by atoms with Crippen LogP contribution in [0.4, 0.5) is 13.2 Å². The molecule has 0 aliphatic heterocycles. The van der Waals surface area contributed by atoms with Crippen molar-refractivity contribution in [1.82, 2.24) is 0 Å². The normalized spacial score (nSPS) is 10.4. The predicted octanol–water partition coefficient (Wildman–Crippen LogP) is 2.46. The van der Waals surface area contributed by atoms with Gasteiger partial charge in [-0.05, 0) is 17.7 Å². The van der Waals surface area contributed by atoms with Gasteiger partial charge < -0.3 is 0 Å². The van der Waals surface area contributed by atoms with Gasteiger partial charge in [0.1, 0.15) is 0 Å². The lowest BCUT2D eigenvalue weighted by Crippen LogP contribution is -2.08. The van der Waals surface area contributed by atoms with Crippen LogP contribution in [-0.2, 0) is 12.6 Å². The lowest BCUT2D eigenvalue weighted by molar-refractivity contribution is -0.137. The number of hydrogen-bond acceptors (Lipinski definition) is 3. The molecule has 0 heterocycles. The summed E-state index contributed by atoms with van der Waals surface area (Å²) in [6, 6.07) is 4.49. The van der Waals surface area contributed by atoms with Crippen LogP contribution in [0.25, 0.3) is 0 Å². The van der Waals surface area contributed by atoms with Gasteiger partial charge in [-0.1, -0.05) is 0 Å². The van der Waals surface area contributed by atoms with E-state index in [9.17, 15) is 18.0 Å². The average molecular weight is 238 g/mol. The number of nitrogens with zero attached hydrogens (tertiary/aromatic N) is 2. The molecule has 17 heavy (non-hydrogen) atoms. The first-order valence-electron chi connectivity index (χ1n) is 4.40. The van der Waals surface area contributed by atoms with Crippen LogP contribution >= 0.6 is 0 Å². The Bertz CT molecular complexity index is 535. The number of alkyl halides is 3. The second kappa shape index (κ2) is 4.67. The van der Waals surface area contributed by atoms with Gasteiger partial charge in [0.15, 0.2) is 6.29 Å². The lowest BCUT2D eigenvalue weighted by Gasteiger charge is -2.10. The molecule has 0 unspecified atom stereocenters. The highest BCUT2D eigenvalue weighted by Crippen LogP contribution is 2.31. The molecule has 0 atom stereocenters. The zero-order valence-corrected chi connectivity index (χ0v) is 8.38. The fourth-order valence-corrected chi connectivity index (χ4v) is 1.34. The molecule has 0 saturated heterocycles. The van der Waals surface area contributed by atoms with Crippen molar-refractivity contribution in [1.29, 1.82) is 10.5 Å². The van der Waals surface area contributed by atoms with E-state index in [1.54, 1.807) is 6.07 Å². The predicted molar refractivity (Wildman–Crippen MR) is 50.9 cm³/mol. The van der Waals surface area contributed by atoms with Crippen molar-refractivity contribution in [3.8, 4) is 12.1 Å². The molecule has 0 bridgehead atoms. The van der Waals surface area contributed by atoms with Crippen molar-refractivity contribution in [3.05, 3.63) is 34.4 Å². The van der Waals surface area contributed by atoms with Crippen LogP contribution in [0.3, 0.4) is 0 Å². The van der Waals surface area contributed by atoms with E-state index in [0.29, 0.717) is 12.1 Å². The Kier molecular flexibility index (Phi) is 3.49. The zero-order valence-electron chi connectivity index (χ0n) is 8.38. The molecule has 1 aromatic carbocycles. The minimum Gasteiger partial charge on any atom is -0.298 e. The maximum Gasteiger partial charge on any atom is 0.416 e. The summed E-state index contributed by atoms with van der Waals surface area (Å²) in [4.78, 5) is 10.7. The largest absolute Gasteiger partial charge is 0.416 e. The topological polar surface area (TPSA) is 64.7 Å². The van der Waals surface area contributed by atoms with Crippen molar-refractivity contribution in [2.24, 2.45) is 0 Å². The van der Waals surface area contributed by atoms with E-state index in [2.05, 4.69) is 0 Å². The number of carbonyl (C=O) groups is 1. The molecule has 0 aromatic heterocycles. The molecular formula is C11H5F3N2O. The summed E-state index contributed by atoms with van der Waals surface area (Å²) in [6.45, 7) is 0. The number of halogens is 3. The monoisotopic (exact) mass is 238 g/mol. The minimum atomic E-state index is -4.61. The molecule has 0 amide bonds. The van der Waals surface area contributed by atoms with Crippen LogP contribution in [0.5, 0.6) is 0 Å². The van der Waals surface area contributed by atoms with E-state index in [1.807, 2.05) is 0 Å². The van der Waals surface area contributed by atoms with Crippen molar-refractivity contribution >= 4 is 6.29 Å². The standard InChI is InChI=1S/C11H5F3N2O/c12-11(13,14)9-3-7(1-2-15)10(6-17)8(4-9)5-16/h3-4,6H,1H2. The minimum absolute atomic E-state index is 0.0890. The third kappa shape index (κ3) is 2.61. The zero-order chi connectivity index (χ0) is 13.1. The van der Waals surface area contributed by atoms with Crippen LogP contribution in [0.2, 0.25) is 0 Å².